The minimum atomic E-state index is -4.21. The fourth-order valence-electron chi connectivity index (χ4n) is 2.28. The summed E-state index contributed by atoms with van der Waals surface area (Å²) >= 11 is 0. The maximum atomic E-state index is 12.3. The highest BCUT2D eigenvalue weighted by molar-refractivity contribution is 5.40. The van der Waals surface area contributed by atoms with E-state index in [2.05, 4.69) is 0 Å². The summed E-state index contributed by atoms with van der Waals surface area (Å²) in [4.78, 5) is 11.5. The van der Waals surface area contributed by atoms with Gasteiger partial charge in [0.15, 0.2) is 0 Å². The number of rotatable bonds is 2. The van der Waals surface area contributed by atoms with Crippen molar-refractivity contribution in [3.05, 3.63) is 39.4 Å². The molecule has 0 unspecified atom stereocenters. The van der Waals surface area contributed by atoms with E-state index in [1.807, 2.05) is 0 Å². The monoisotopic (exact) mass is 274 g/mol. The van der Waals surface area contributed by atoms with Crippen molar-refractivity contribution in [2.75, 3.05) is 19.6 Å². The first-order chi connectivity index (χ1) is 8.85. The highest BCUT2D eigenvalue weighted by Gasteiger charge is 2.31. The van der Waals surface area contributed by atoms with Gasteiger partial charge in [0.25, 0.3) is 5.69 Å². The average Bonchev–Trinajstić information content (AvgIpc) is 2.49. The maximum Gasteiger partial charge on any atom is 0.401 e. The van der Waals surface area contributed by atoms with E-state index in [4.69, 9.17) is 0 Å². The van der Waals surface area contributed by atoms with E-state index in [-0.39, 0.29) is 12.2 Å². The number of alkyl halides is 3. The second kappa shape index (κ2) is 5.16. The van der Waals surface area contributed by atoms with Gasteiger partial charge in [-0.2, -0.15) is 13.2 Å². The van der Waals surface area contributed by atoms with Gasteiger partial charge in [0.2, 0.25) is 0 Å². The predicted molar refractivity (Wildman–Crippen MR) is 63.0 cm³/mol. The fourth-order valence-corrected chi connectivity index (χ4v) is 2.28. The van der Waals surface area contributed by atoms with E-state index in [9.17, 15) is 23.3 Å². The van der Waals surface area contributed by atoms with Crippen LogP contribution in [0.2, 0.25) is 0 Å². The van der Waals surface area contributed by atoms with Crippen molar-refractivity contribution >= 4 is 5.69 Å². The second-order valence-corrected chi connectivity index (χ2v) is 4.60. The summed E-state index contributed by atoms with van der Waals surface area (Å²) in [6.07, 6.45) is -3.31. The van der Waals surface area contributed by atoms with Gasteiger partial charge in [0.05, 0.1) is 11.5 Å². The van der Waals surface area contributed by atoms with Crippen molar-refractivity contribution < 1.29 is 18.1 Å². The number of benzene rings is 1. The van der Waals surface area contributed by atoms with E-state index in [0.717, 1.165) is 11.1 Å². The van der Waals surface area contributed by atoms with Crippen LogP contribution in [-0.4, -0.2) is 35.6 Å². The molecule has 4 nitrogen and oxygen atoms in total. The van der Waals surface area contributed by atoms with Gasteiger partial charge in [0.1, 0.15) is 0 Å². The number of nitro groups is 1. The zero-order chi connectivity index (χ0) is 14.0. The standard InChI is InChI=1S/C12H13F3N2O2/c13-12(14,15)8-16-5-3-9-1-2-11(17(18)19)7-10(9)4-6-16/h1-2,7H,3-6,8H2. The molecule has 1 aromatic carbocycles. The normalized spacial score (nSPS) is 16.8. The molecule has 0 spiro atoms. The summed E-state index contributed by atoms with van der Waals surface area (Å²) in [5.74, 6) is 0. The quantitative estimate of drug-likeness (QED) is 0.615. The van der Waals surface area contributed by atoms with Crippen LogP contribution in [0.5, 0.6) is 0 Å². The molecule has 7 heteroatoms. The minimum absolute atomic E-state index is 0.0111. The predicted octanol–water partition coefficient (Wildman–Crippen LogP) is 2.56. The van der Waals surface area contributed by atoms with Crippen molar-refractivity contribution in [2.24, 2.45) is 0 Å². The Bertz CT molecular complexity index is 488. The van der Waals surface area contributed by atoms with E-state index < -0.39 is 17.6 Å². The number of nitro benzene ring substituents is 1. The lowest BCUT2D eigenvalue weighted by Crippen LogP contribution is -2.35. The summed E-state index contributed by atoms with van der Waals surface area (Å²) in [6, 6.07) is 4.51. The van der Waals surface area contributed by atoms with Gasteiger partial charge >= 0.3 is 6.18 Å². The third kappa shape index (κ3) is 3.66. The van der Waals surface area contributed by atoms with E-state index in [1.54, 1.807) is 6.07 Å². The van der Waals surface area contributed by atoms with Crippen molar-refractivity contribution in [3.63, 3.8) is 0 Å². The van der Waals surface area contributed by atoms with Crippen LogP contribution < -0.4 is 0 Å². The number of nitrogens with zero attached hydrogens (tertiary/aromatic N) is 2. The molecule has 0 saturated carbocycles. The molecule has 0 bridgehead atoms. The number of hydrogen-bond acceptors (Lipinski definition) is 3. The Labute approximate surface area is 108 Å². The lowest BCUT2D eigenvalue weighted by molar-refractivity contribution is -0.384. The van der Waals surface area contributed by atoms with Crippen molar-refractivity contribution in [3.8, 4) is 0 Å². The smallest absolute Gasteiger partial charge is 0.294 e. The molecule has 19 heavy (non-hydrogen) atoms. The van der Waals surface area contributed by atoms with Gasteiger partial charge in [-0.1, -0.05) is 6.07 Å². The molecule has 1 aromatic rings. The third-order valence-corrected chi connectivity index (χ3v) is 3.20. The molecule has 0 atom stereocenters. The van der Waals surface area contributed by atoms with Gasteiger partial charge in [-0.05, 0) is 24.0 Å². The topological polar surface area (TPSA) is 46.4 Å². The van der Waals surface area contributed by atoms with Crippen LogP contribution in [0.4, 0.5) is 18.9 Å². The van der Waals surface area contributed by atoms with Crippen molar-refractivity contribution in [2.45, 2.75) is 19.0 Å². The Morgan fingerprint density at radius 1 is 1.21 bits per heavy atom. The molecule has 1 aliphatic rings. The molecule has 0 N–H and O–H groups in total. The number of halogens is 3. The number of non-ortho nitro benzene ring substituents is 1. The van der Waals surface area contributed by atoms with Gasteiger partial charge in [0, 0.05) is 25.2 Å². The fraction of sp³-hybridized carbons (Fsp3) is 0.500. The Hall–Kier alpha value is -1.63. The van der Waals surface area contributed by atoms with E-state index in [0.29, 0.717) is 19.4 Å². The van der Waals surface area contributed by atoms with Crippen LogP contribution in [0.1, 0.15) is 11.1 Å². The highest BCUT2D eigenvalue weighted by Crippen LogP contribution is 2.23. The first-order valence-electron chi connectivity index (χ1n) is 5.90. The second-order valence-electron chi connectivity index (χ2n) is 4.60. The molecule has 0 amide bonds. The molecule has 2 rings (SSSR count). The lowest BCUT2D eigenvalue weighted by Gasteiger charge is -2.20. The highest BCUT2D eigenvalue weighted by atomic mass is 19.4. The molecule has 0 aliphatic carbocycles. The Kier molecular flexibility index (Phi) is 3.75. The molecule has 0 fully saturated rings. The minimum Gasteiger partial charge on any atom is -0.294 e. The molecular formula is C12H13F3N2O2. The summed E-state index contributed by atoms with van der Waals surface area (Å²) in [7, 11) is 0. The van der Waals surface area contributed by atoms with E-state index >= 15 is 0 Å². The summed E-state index contributed by atoms with van der Waals surface area (Å²) in [5, 5.41) is 10.7. The van der Waals surface area contributed by atoms with Gasteiger partial charge in [-0.25, -0.2) is 0 Å². The van der Waals surface area contributed by atoms with Crippen LogP contribution in [0.15, 0.2) is 18.2 Å². The maximum absolute atomic E-state index is 12.3. The Morgan fingerprint density at radius 3 is 2.42 bits per heavy atom. The molecule has 1 heterocycles. The molecular weight excluding hydrogens is 261 g/mol. The molecule has 0 saturated heterocycles. The number of hydrogen-bond donors (Lipinski definition) is 0. The van der Waals surface area contributed by atoms with Crippen molar-refractivity contribution in [1.82, 2.24) is 4.90 Å². The van der Waals surface area contributed by atoms with Crippen LogP contribution in [0.25, 0.3) is 0 Å². The number of fused-ring (bicyclic) bond motifs is 1. The Morgan fingerprint density at radius 2 is 1.84 bits per heavy atom. The van der Waals surface area contributed by atoms with Gasteiger partial charge < -0.3 is 0 Å². The summed E-state index contributed by atoms with van der Waals surface area (Å²) in [6.45, 7) is -0.332. The van der Waals surface area contributed by atoms with Crippen LogP contribution in [0, 0.1) is 10.1 Å². The summed E-state index contributed by atoms with van der Waals surface area (Å²) in [5.41, 5.74) is 1.66. The summed E-state index contributed by atoms with van der Waals surface area (Å²) < 4.78 is 37.0. The first-order valence-corrected chi connectivity index (χ1v) is 5.90. The molecule has 0 aromatic heterocycles. The van der Waals surface area contributed by atoms with Crippen LogP contribution in [0.3, 0.4) is 0 Å². The van der Waals surface area contributed by atoms with E-state index in [1.165, 1.54) is 17.0 Å². The lowest BCUT2D eigenvalue weighted by atomic mass is 10.0. The van der Waals surface area contributed by atoms with Gasteiger partial charge in [-0.3, -0.25) is 15.0 Å². The SMILES string of the molecule is O=[N+]([O-])c1ccc2c(c1)CCN(CC(F)(F)F)CC2. The molecule has 1 aliphatic heterocycles. The first kappa shape index (κ1) is 13.8. The Balaban J connectivity index is 2.11. The zero-order valence-corrected chi connectivity index (χ0v) is 10.1. The van der Waals surface area contributed by atoms with Crippen LogP contribution in [-0.2, 0) is 12.8 Å². The average molecular weight is 274 g/mol. The van der Waals surface area contributed by atoms with Gasteiger partial charge in [-0.15, -0.1) is 0 Å². The third-order valence-electron chi connectivity index (χ3n) is 3.20. The largest absolute Gasteiger partial charge is 0.401 e. The zero-order valence-electron chi connectivity index (χ0n) is 10.1. The molecule has 0 radical (unpaired) electrons. The van der Waals surface area contributed by atoms with Crippen molar-refractivity contribution in [1.29, 1.82) is 0 Å². The van der Waals surface area contributed by atoms with Crippen LogP contribution >= 0.6 is 0 Å². The molecule has 104 valence electrons.